The number of carbonyl (C=O) groups excluding carboxylic acids is 3. The van der Waals surface area contributed by atoms with Crippen molar-refractivity contribution in [3.8, 4) is 0 Å². The molecule has 8 rings (SSSR count). The molecule has 2 bridgehead atoms. The zero-order valence-electron chi connectivity index (χ0n) is 20.9. The average Bonchev–Trinajstić information content (AvgIpc) is 3.24. The molecular formula is C32H21Cl2N3O3. The monoisotopic (exact) mass is 565 g/mol. The van der Waals surface area contributed by atoms with Gasteiger partial charge in [0.05, 0.1) is 33.5 Å². The highest BCUT2D eigenvalue weighted by Crippen LogP contribution is 2.63. The van der Waals surface area contributed by atoms with Gasteiger partial charge < -0.3 is 0 Å². The molecule has 0 unspecified atom stereocenters. The fourth-order valence-corrected chi connectivity index (χ4v) is 7.30. The summed E-state index contributed by atoms with van der Waals surface area (Å²) in [6.07, 6.45) is 1.62. The molecule has 0 saturated carbocycles. The Balaban J connectivity index is 1.40. The maximum absolute atomic E-state index is 14.3. The molecule has 0 spiro atoms. The van der Waals surface area contributed by atoms with Crippen LogP contribution in [-0.4, -0.2) is 23.9 Å². The Hall–Kier alpha value is -4.26. The Morgan fingerprint density at radius 1 is 0.825 bits per heavy atom. The first-order chi connectivity index (χ1) is 19.4. The van der Waals surface area contributed by atoms with E-state index in [1.54, 1.807) is 24.4 Å². The summed E-state index contributed by atoms with van der Waals surface area (Å²) in [5, 5.41) is 5.03. The SMILES string of the molecule is O=C(N/N=C\C12c3ccccc3C(c3ccccc31)[C@@H]1C(=O)N(c3ccccc3)C(=O)[C@@H]12)c1ccc(Cl)cc1Cl. The maximum atomic E-state index is 14.3. The number of amides is 3. The first kappa shape index (κ1) is 24.8. The number of hydrogen-bond acceptors (Lipinski definition) is 4. The van der Waals surface area contributed by atoms with Gasteiger partial charge in [0.25, 0.3) is 5.91 Å². The summed E-state index contributed by atoms with van der Waals surface area (Å²) in [6.45, 7) is 0. The van der Waals surface area contributed by atoms with Gasteiger partial charge in [0.2, 0.25) is 11.8 Å². The molecule has 6 nitrogen and oxygen atoms in total. The van der Waals surface area contributed by atoms with E-state index in [0.717, 1.165) is 22.3 Å². The van der Waals surface area contributed by atoms with Crippen molar-refractivity contribution in [1.82, 2.24) is 5.43 Å². The molecule has 1 saturated heterocycles. The van der Waals surface area contributed by atoms with Crippen molar-refractivity contribution in [1.29, 1.82) is 0 Å². The minimum Gasteiger partial charge on any atom is -0.274 e. The Morgan fingerprint density at radius 2 is 1.45 bits per heavy atom. The second-order valence-electron chi connectivity index (χ2n) is 10.2. The average molecular weight is 566 g/mol. The number of imide groups is 1. The fourth-order valence-electron chi connectivity index (χ4n) is 6.81. The molecule has 4 aliphatic rings. The van der Waals surface area contributed by atoms with Gasteiger partial charge in [0.1, 0.15) is 0 Å². The summed E-state index contributed by atoms with van der Waals surface area (Å²) in [6, 6.07) is 29.4. The third kappa shape index (κ3) is 3.36. The molecule has 8 heteroatoms. The molecule has 1 fully saturated rings. The number of benzene rings is 4. The van der Waals surface area contributed by atoms with Gasteiger partial charge in [-0.2, -0.15) is 5.10 Å². The lowest BCUT2D eigenvalue weighted by Crippen LogP contribution is -2.54. The van der Waals surface area contributed by atoms with Gasteiger partial charge in [-0.1, -0.05) is 89.9 Å². The minimum absolute atomic E-state index is 0.197. The lowest BCUT2D eigenvalue weighted by atomic mass is 9.47. The van der Waals surface area contributed by atoms with Gasteiger partial charge >= 0.3 is 0 Å². The van der Waals surface area contributed by atoms with E-state index in [1.165, 1.54) is 17.0 Å². The van der Waals surface area contributed by atoms with Gasteiger partial charge in [-0.25, -0.2) is 10.3 Å². The molecule has 4 aromatic carbocycles. The summed E-state index contributed by atoms with van der Waals surface area (Å²) < 4.78 is 0. The molecule has 0 radical (unpaired) electrons. The van der Waals surface area contributed by atoms with E-state index >= 15 is 0 Å². The summed E-state index contributed by atoms with van der Waals surface area (Å²) in [5.41, 5.74) is 6.03. The van der Waals surface area contributed by atoms with Crippen LogP contribution in [0.1, 0.15) is 38.5 Å². The van der Waals surface area contributed by atoms with Crippen LogP contribution in [0.25, 0.3) is 0 Å². The van der Waals surface area contributed by atoms with Crippen molar-refractivity contribution >= 4 is 52.8 Å². The number of rotatable bonds is 4. The number of hydrazone groups is 1. The van der Waals surface area contributed by atoms with E-state index in [4.69, 9.17) is 23.2 Å². The van der Waals surface area contributed by atoms with E-state index in [-0.39, 0.29) is 28.3 Å². The van der Waals surface area contributed by atoms with Crippen LogP contribution in [0, 0.1) is 11.8 Å². The molecule has 40 heavy (non-hydrogen) atoms. The molecule has 4 aromatic rings. The number of anilines is 1. The number of nitrogens with zero attached hydrogens (tertiary/aromatic N) is 2. The van der Waals surface area contributed by atoms with Gasteiger partial charge in [0, 0.05) is 17.2 Å². The summed E-state index contributed by atoms with van der Waals surface area (Å²) in [4.78, 5) is 42.7. The number of para-hydroxylation sites is 1. The van der Waals surface area contributed by atoms with Crippen LogP contribution in [0.2, 0.25) is 10.0 Å². The first-order valence-electron chi connectivity index (χ1n) is 12.8. The smallest absolute Gasteiger partial charge is 0.272 e. The molecule has 1 N–H and O–H groups in total. The van der Waals surface area contributed by atoms with Gasteiger partial charge in [-0.15, -0.1) is 0 Å². The highest BCUT2D eigenvalue weighted by molar-refractivity contribution is 6.36. The van der Waals surface area contributed by atoms with Crippen molar-refractivity contribution in [3.05, 3.63) is 135 Å². The van der Waals surface area contributed by atoms with E-state index in [9.17, 15) is 14.4 Å². The fraction of sp³-hybridized carbons (Fsp3) is 0.125. The van der Waals surface area contributed by atoms with Gasteiger partial charge in [0.15, 0.2) is 0 Å². The van der Waals surface area contributed by atoms with Crippen LogP contribution in [0.15, 0.2) is 102 Å². The Morgan fingerprint density at radius 3 is 2.10 bits per heavy atom. The predicted octanol–water partition coefficient (Wildman–Crippen LogP) is 5.96. The lowest BCUT2D eigenvalue weighted by Gasteiger charge is -2.52. The highest BCUT2D eigenvalue weighted by atomic mass is 35.5. The normalized spacial score (nSPS) is 24.1. The summed E-state index contributed by atoms with van der Waals surface area (Å²) in [7, 11) is 0. The standard InChI is InChI=1S/C32H21Cl2N3O3/c33-18-14-15-22(25(34)16-18)29(38)36-35-17-32-23-12-6-4-10-20(23)26(21-11-5-7-13-24(21)32)27-28(32)31(40)37(30(27)39)19-8-2-1-3-9-19/h1-17,26-28H,(H,36,38)/b35-17-/t26?,27-,28+,32?/m0/s1. The number of hydrogen-bond donors (Lipinski definition) is 1. The molecule has 3 amide bonds. The van der Waals surface area contributed by atoms with E-state index in [0.29, 0.717) is 10.7 Å². The molecule has 0 aromatic heterocycles. The zero-order chi connectivity index (χ0) is 27.6. The van der Waals surface area contributed by atoms with Crippen LogP contribution in [0.5, 0.6) is 0 Å². The maximum Gasteiger partial charge on any atom is 0.272 e. The molecule has 1 aliphatic heterocycles. The third-order valence-corrected chi connectivity index (χ3v) is 8.86. The Labute approximate surface area is 240 Å². The van der Waals surface area contributed by atoms with E-state index in [1.807, 2.05) is 66.7 Å². The minimum atomic E-state index is -1.08. The molecular weight excluding hydrogens is 545 g/mol. The van der Waals surface area contributed by atoms with Crippen LogP contribution in [0.3, 0.4) is 0 Å². The van der Waals surface area contributed by atoms with Crippen molar-refractivity contribution in [2.24, 2.45) is 16.9 Å². The molecule has 196 valence electrons. The van der Waals surface area contributed by atoms with Gasteiger partial charge in [-0.05, 0) is 52.6 Å². The van der Waals surface area contributed by atoms with Crippen molar-refractivity contribution in [2.75, 3.05) is 4.90 Å². The van der Waals surface area contributed by atoms with Crippen LogP contribution >= 0.6 is 23.2 Å². The van der Waals surface area contributed by atoms with E-state index < -0.39 is 23.2 Å². The largest absolute Gasteiger partial charge is 0.274 e. The first-order valence-corrected chi connectivity index (χ1v) is 13.6. The topological polar surface area (TPSA) is 78.8 Å². The highest BCUT2D eigenvalue weighted by Gasteiger charge is 2.68. The van der Waals surface area contributed by atoms with Crippen LogP contribution in [-0.2, 0) is 15.0 Å². The number of nitrogens with one attached hydrogen (secondary N) is 1. The third-order valence-electron chi connectivity index (χ3n) is 8.31. The number of halogens is 2. The van der Waals surface area contributed by atoms with Crippen molar-refractivity contribution in [2.45, 2.75) is 11.3 Å². The lowest BCUT2D eigenvalue weighted by molar-refractivity contribution is -0.122. The second-order valence-corrected chi connectivity index (χ2v) is 11.0. The summed E-state index contributed by atoms with van der Waals surface area (Å²) in [5.74, 6) is -2.67. The van der Waals surface area contributed by atoms with Gasteiger partial charge in [-0.3, -0.25) is 14.4 Å². The Bertz CT molecular complexity index is 1710. The van der Waals surface area contributed by atoms with Crippen LogP contribution < -0.4 is 10.3 Å². The van der Waals surface area contributed by atoms with Crippen molar-refractivity contribution < 1.29 is 14.4 Å². The summed E-state index contributed by atoms with van der Waals surface area (Å²) >= 11 is 12.2. The van der Waals surface area contributed by atoms with Crippen LogP contribution in [0.4, 0.5) is 5.69 Å². The quantitative estimate of drug-likeness (QED) is 0.188. The second kappa shape index (κ2) is 9.15. The Kier molecular flexibility index (Phi) is 5.66. The zero-order valence-corrected chi connectivity index (χ0v) is 22.4. The van der Waals surface area contributed by atoms with E-state index in [2.05, 4.69) is 10.5 Å². The predicted molar refractivity (Wildman–Crippen MR) is 154 cm³/mol. The number of carbonyl (C=O) groups is 3. The molecule has 3 aliphatic carbocycles. The molecule has 2 atom stereocenters. The van der Waals surface area contributed by atoms with Crippen molar-refractivity contribution in [3.63, 3.8) is 0 Å². The molecule has 1 heterocycles.